The molecule has 1 amide bonds. The summed E-state index contributed by atoms with van der Waals surface area (Å²) in [6.45, 7) is 3.30. The molecule has 2 rings (SSSR count). The summed E-state index contributed by atoms with van der Waals surface area (Å²) >= 11 is 1.31. The first-order valence-corrected chi connectivity index (χ1v) is 6.48. The van der Waals surface area contributed by atoms with E-state index in [0.29, 0.717) is 15.8 Å². The molecule has 2 heterocycles. The zero-order valence-corrected chi connectivity index (χ0v) is 10.6. The Morgan fingerprint density at radius 3 is 3.06 bits per heavy atom. The van der Waals surface area contributed by atoms with Gasteiger partial charge in [-0.05, 0) is 13.0 Å². The van der Waals surface area contributed by atoms with Gasteiger partial charge in [-0.25, -0.2) is 4.98 Å². The van der Waals surface area contributed by atoms with Crippen molar-refractivity contribution in [2.75, 3.05) is 44.3 Å². The van der Waals surface area contributed by atoms with Gasteiger partial charge in [0.2, 0.25) is 0 Å². The van der Waals surface area contributed by atoms with Gasteiger partial charge in [-0.15, -0.1) is 0 Å². The molecule has 17 heavy (non-hydrogen) atoms. The average molecular weight is 255 g/mol. The van der Waals surface area contributed by atoms with E-state index in [1.807, 2.05) is 4.90 Å². The van der Waals surface area contributed by atoms with Crippen LogP contribution in [0.1, 0.15) is 16.1 Å². The van der Waals surface area contributed by atoms with E-state index in [1.165, 1.54) is 11.3 Å². The lowest BCUT2D eigenvalue weighted by Crippen LogP contribution is -2.34. The van der Waals surface area contributed by atoms with E-state index in [-0.39, 0.29) is 5.91 Å². The maximum atomic E-state index is 12.3. The van der Waals surface area contributed by atoms with Crippen LogP contribution in [0.25, 0.3) is 0 Å². The zero-order valence-electron chi connectivity index (χ0n) is 9.82. The quantitative estimate of drug-likeness (QED) is 0.703. The fourth-order valence-electron chi connectivity index (χ4n) is 1.78. The third-order valence-corrected chi connectivity index (χ3v) is 3.77. The van der Waals surface area contributed by atoms with Crippen LogP contribution in [0, 0.1) is 0 Å². The lowest BCUT2D eigenvalue weighted by atomic mass is 10.3. The zero-order chi connectivity index (χ0) is 12.3. The summed E-state index contributed by atoms with van der Waals surface area (Å²) in [7, 11) is 1.77. The number of nitrogens with two attached hydrogens (primary N) is 1. The largest absolute Gasteiger partial charge is 0.382 e. The van der Waals surface area contributed by atoms with Gasteiger partial charge in [-0.3, -0.25) is 4.79 Å². The van der Waals surface area contributed by atoms with Gasteiger partial charge < -0.3 is 21.3 Å². The molecule has 6 nitrogen and oxygen atoms in total. The predicted molar refractivity (Wildman–Crippen MR) is 69.5 cm³/mol. The van der Waals surface area contributed by atoms with Crippen molar-refractivity contribution < 1.29 is 4.79 Å². The Morgan fingerprint density at radius 1 is 1.53 bits per heavy atom. The predicted octanol–water partition coefficient (Wildman–Crippen LogP) is 0.202. The molecule has 0 aromatic carbocycles. The lowest BCUT2D eigenvalue weighted by Gasteiger charge is -2.18. The van der Waals surface area contributed by atoms with Gasteiger partial charge in [-0.1, -0.05) is 11.3 Å². The summed E-state index contributed by atoms with van der Waals surface area (Å²) in [6.07, 6.45) is 0.976. The number of aromatic nitrogens is 1. The fourth-order valence-corrected chi connectivity index (χ4v) is 2.59. The molecule has 1 saturated heterocycles. The molecule has 0 radical (unpaired) electrons. The van der Waals surface area contributed by atoms with Crippen LogP contribution >= 0.6 is 11.3 Å². The van der Waals surface area contributed by atoms with Crippen molar-refractivity contribution in [2.45, 2.75) is 6.42 Å². The molecule has 1 aliphatic heterocycles. The number of nitrogen functional groups attached to an aromatic ring is 1. The summed E-state index contributed by atoms with van der Waals surface area (Å²) in [5, 5.41) is 6.85. The Kier molecular flexibility index (Phi) is 3.80. The number of nitrogens with one attached hydrogen (secondary N) is 2. The molecule has 4 N–H and O–H groups in total. The summed E-state index contributed by atoms with van der Waals surface area (Å²) in [6, 6.07) is 0. The number of nitrogens with zero attached hydrogens (tertiary/aromatic N) is 2. The van der Waals surface area contributed by atoms with Crippen molar-refractivity contribution in [1.82, 2.24) is 15.2 Å². The molecule has 0 unspecified atom stereocenters. The number of carbonyl (C=O) groups is 1. The highest BCUT2D eigenvalue weighted by molar-refractivity contribution is 7.18. The van der Waals surface area contributed by atoms with Crippen molar-refractivity contribution in [3.63, 3.8) is 0 Å². The Hall–Kier alpha value is -1.34. The molecule has 0 spiro atoms. The SMILES string of the molecule is CNc1nc(N)c(C(=O)N2CCCNCC2)s1. The Bertz CT molecular complexity index is 397. The number of hydrogen-bond acceptors (Lipinski definition) is 6. The topological polar surface area (TPSA) is 83.3 Å². The minimum absolute atomic E-state index is 0.00907. The normalized spacial score (nSPS) is 16.6. The second-order valence-corrected chi connectivity index (χ2v) is 4.88. The second kappa shape index (κ2) is 5.33. The Balaban J connectivity index is 2.14. The van der Waals surface area contributed by atoms with Gasteiger partial charge >= 0.3 is 0 Å². The molecular formula is C10H17N5OS. The van der Waals surface area contributed by atoms with E-state index >= 15 is 0 Å². The Labute approximate surface area is 104 Å². The average Bonchev–Trinajstić information content (AvgIpc) is 2.56. The molecule has 0 bridgehead atoms. The first kappa shape index (κ1) is 12.1. The maximum Gasteiger partial charge on any atom is 0.267 e. The minimum Gasteiger partial charge on any atom is -0.382 e. The molecule has 0 aliphatic carbocycles. The van der Waals surface area contributed by atoms with E-state index in [4.69, 9.17) is 5.73 Å². The molecular weight excluding hydrogens is 238 g/mol. The third-order valence-electron chi connectivity index (χ3n) is 2.69. The van der Waals surface area contributed by atoms with E-state index < -0.39 is 0 Å². The van der Waals surface area contributed by atoms with Crippen LogP contribution < -0.4 is 16.4 Å². The summed E-state index contributed by atoms with van der Waals surface area (Å²) < 4.78 is 0. The standard InChI is InChI=1S/C10H17N5OS/c1-12-10-14-8(11)7(17-10)9(16)15-5-2-3-13-4-6-15/h13H,2-6,11H2,1H3,(H,12,14). The molecule has 0 saturated carbocycles. The number of anilines is 2. The van der Waals surface area contributed by atoms with Crippen LogP contribution in [-0.2, 0) is 0 Å². The maximum absolute atomic E-state index is 12.3. The van der Waals surface area contributed by atoms with Crippen LogP contribution in [0.3, 0.4) is 0 Å². The Morgan fingerprint density at radius 2 is 2.35 bits per heavy atom. The number of amides is 1. The first-order valence-electron chi connectivity index (χ1n) is 5.66. The highest BCUT2D eigenvalue weighted by atomic mass is 32.1. The highest BCUT2D eigenvalue weighted by Gasteiger charge is 2.22. The van der Waals surface area contributed by atoms with Crippen LogP contribution in [0.2, 0.25) is 0 Å². The van der Waals surface area contributed by atoms with Crippen LogP contribution in [0.5, 0.6) is 0 Å². The van der Waals surface area contributed by atoms with E-state index in [2.05, 4.69) is 15.6 Å². The van der Waals surface area contributed by atoms with E-state index in [9.17, 15) is 4.79 Å². The minimum atomic E-state index is -0.00907. The summed E-state index contributed by atoms with van der Waals surface area (Å²) in [5.41, 5.74) is 5.76. The molecule has 7 heteroatoms. The lowest BCUT2D eigenvalue weighted by molar-refractivity contribution is 0.0772. The summed E-state index contributed by atoms with van der Waals surface area (Å²) in [4.78, 5) is 18.7. The number of rotatable bonds is 2. The van der Waals surface area contributed by atoms with Crippen molar-refractivity contribution in [3.8, 4) is 0 Å². The molecule has 1 fully saturated rings. The van der Waals surface area contributed by atoms with Gasteiger partial charge in [0.05, 0.1) is 0 Å². The van der Waals surface area contributed by atoms with Crippen molar-refractivity contribution in [2.24, 2.45) is 0 Å². The molecule has 0 atom stereocenters. The van der Waals surface area contributed by atoms with Crippen molar-refractivity contribution >= 4 is 28.2 Å². The fraction of sp³-hybridized carbons (Fsp3) is 0.600. The second-order valence-electron chi connectivity index (χ2n) is 3.88. The highest BCUT2D eigenvalue weighted by Crippen LogP contribution is 2.25. The van der Waals surface area contributed by atoms with Gasteiger partial charge in [0.15, 0.2) is 5.13 Å². The van der Waals surface area contributed by atoms with Gasteiger partial charge in [0.25, 0.3) is 5.91 Å². The van der Waals surface area contributed by atoms with Gasteiger partial charge in [0, 0.05) is 26.7 Å². The number of carbonyl (C=O) groups excluding carboxylic acids is 1. The smallest absolute Gasteiger partial charge is 0.267 e. The molecule has 94 valence electrons. The van der Waals surface area contributed by atoms with Crippen LogP contribution in [0.4, 0.5) is 10.9 Å². The van der Waals surface area contributed by atoms with Crippen molar-refractivity contribution in [3.05, 3.63) is 4.88 Å². The van der Waals surface area contributed by atoms with E-state index in [0.717, 1.165) is 32.6 Å². The third kappa shape index (κ3) is 2.67. The number of hydrogen-bond donors (Lipinski definition) is 3. The molecule has 1 aromatic heterocycles. The van der Waals surface area contributed by atoms with Crippen LogP contribution in [-0.4, -0.2) is 49.0 Å². The number of thiazole rings is 1. The van der Waals surface area contributed by atoms with Gasteiger partial charge in [0.1, 0.15) is 10.7 Å². The molecule has 1 aromatic rings. The van der Waals surface area contributed by atoms with Crippen molar-refractivity contribution in [1.29, 1.82) is 0 Å². The van der Waals surface area contributed by atoms with Crippen LogP contribution in [0.15, 0.2) is 0 Å². The first-order chi connectivity index (χ1) is 8.22. The monoisotopic (exact) mass is 255 g/mol. The summed E-state index contributed by atoms with van der Waals surface area (Å²) in [5.74, 6) is 0.312. The van der Waals surface area contributed by atoms with E-state index in [1.54, 1.807) is 7.05 Å². The molecule has 1 aliphatic rings. The van der Waals surface area contributed by atoms with Gasteiger partial charge in [-0.2, -0.15) is 0 Å².